The Bertz CT molecular complexity index is 585. The lowest BCUT2D eigenvalue weighted by atomic mass is 9.48. The molecule has 0 spiro atoms. The molecule has 22 heavy (non-hydrogen) atoms. The van der Waals surface area contributed by atoms with Crippen molar-refractivity contribution in [3.05, 3.63) is 23.8 Å². The van der Waals surface area contributed by atoms with Gasteiger partial charge in [0.15, 0.2) is 5.78 Å². The number of hydrogen-bond acceptors (Lipinski definition) is 2. The molecule has 0 aromatic carbocycles. The molecule has 4 aliphatic rings. The average Bonchev–Trinajstić information content (AvgIpc) is 2.70. The summed E-state index contributed by atoms with van der Waals surface area (Å²) in [7, 11) is 0. The number of fused-ring (bicyclic) bond motifs is 5. The van der Waals surface area contributed by atoms with Crippen LogP contribution in [0.5, 0.6) is 0 Å². The van der Waals surface area contributed by atoms with E-state index in [9.17, 15) is 9.90 Å². The highest BCUT2D eigenvalue weighted by molar-refractivity contribution is 5.92. The number of carbonyl (C=O) groups excluding carboxylic acids is 1. The summed E-state index contributed by atoms with van der Waals surface area (Å²) in [5.41, 5.74) is 0.970. The van der Waals surface area contributed by atoms with E-state index in [1.807, 2.05) is 13.0 Å². The third kappa shape index (κ3) is 1.68. The Labute approximate surface area is 133 Å². The molecule has 0 heterocycles. The molecule has 0 aromatic heterocycles. The Morgan fingerprint density at radius 2 is 1.82 bits per heavy atom. The van der Waals surface area contributed by atoms with Crippen LogP contribution in [0.1, 0.15) is 59.3 Å². The maximum atomic E-state index is 11.8. The predicted octanol–water partition coefficient (Wildman–Crippen LogP) is 4.05. The Morgan fingerprint density at radius 1 is 1.09 bits per heavy atom. The smallest absolute Gasteiger partial charge is 0.156 e. The second-order valence-corrected chi connectivity index (χ2v) is 8.90. The van der Waals surface area contributed by atoms with Crippen LogP contribution < -0.4 is 0 Å². The van der Waals surface area contributed by atoms with Gasteiger partial charge in [0.1, 0.15) is 0 Å². The quantitative estimate of drug-likeness (QED) is 0.733. The number of rotatable bonds is 0. The van der Waals surface area contributed by atoms with Crippen LogP contribution >= 0.6 is 0 Å². The molecule has 0 unspecified atom stereocenters. The molecule has 2 saturated carbocycles. The molecule has 1 N–H and O–H groups in total. The highest BCUT2D eigenvalue weighted by Crippen LogP contribution is 2.65. The van der Waals surface area contributed by atoms with Crippen molar-refractivity contribution in [1.29, 1.82) is 0 Å². The van der Waals surface area contributed by atoms with Crippen LogP contribution in [0.15, 0.2) is 23.8 Å². The van der Waals surface area contributed by atoms with Gasteiger partial charge >= 0.3 is 0 Å². The van der Waals surface area contributed by atoms with Crippen LogP contribution in [0.3, 0.4) is 0 Å². The first kappa shape index (κ1) is 14.7. The number of ketones is 1. The van der Waals surface area contributed by atoms with Gasteiger partial charge in [-0.05, 0) is 79.3 Å². The van der Waals surface area contributed by atoms with Gasteiger partial charge in [-0.2, -0.15) is 0 Å². The molecule has 0 bridgehead atoms. The van der Waals surface area contributed by atoms with Gasteiger partial charge < -0.3 is 5.11 Å². The van der Waals surface area contributed by atoms with Gasteiger partial charge in [-0.25, -0.2) is 0 Å². The molecule has 0 amide bonds. The Hall–Kier alpha value is -0.890. The summed E-state index contributed by atoms with van der Waals surface area (Å²) in [6.07, 6.45) is 12.6. The van der Waals surface area contributed by atoms with Crippen molar-refractivity contribution in [3.8, 4) is 0 Å². The minimum Gasteiger partial charge on any atom is -0.390 e. The second kappa shape index (κ2) is 4.35. The van der Waals surface area contributed by atoms with Gasteiger partial charge in [0.05, 0.1) is 5.60 Å². The number of hydrogen-bond donors (Lipinski definition) is 1. The van der Waals surface area contributed by atoms with Crippen LogP contribution in [0.4, 0.5) is 0 Å². The van der Waals surface area contributed by atoms with Gasteiger partial charge in [0.25, 0.3) is 0 Å². The molecule has 4 rings (SSSR count). The van der Waals surface area contributed by atoms with Crippen LogP contribution in [-0.2, 0) is 4.79 Å². The molecule has 0 saturated heterocycles. The van der Waals surface area contributed by atoms with Crippen molar-refractivity contribution in [3.63, 3.8) is 0 Å². The van der Waals surface area contributed by atoms with Gasteiger partial charge in [-0.15, -0.1) is 0 Å². The zero-order valence-corrected chi connectivity index (χ0v) is 14.1. The summed E-state index contributed by atoms with van der Waals surface area (Å²) in [4.78, 5) is 11.8. The highest BCUT2D eigenvalue weighted by Gasteiger charge is 2.61. The number of carbonyl (C=O) groups is 1. The van der Waals surface area contributed by atoms with Crippen LogP contribution in [-0.4, -0.2) is 16.5 Å². The monoisotopic (exact) mass is 300 g/mol. The maximum absolute atomic E-state index is 11.8. The highest BCUT2D eigenvalue weighted by atomic mass is 16.3. The molecule has 4 aliphatic carbocycles. The van der Waals surface area contributed by atoms with E-state index < -0.39 is 5.60 Å². The largest absolute Gasteiger partial charge is 0.390 e. The van der Waals surface area contributed by atoms with Gasteiger partial charge in [-0.1, -0.05) is 26.0 Å². The first-order chi connectivity index (χ1) is 10.3. The first-order valence-corrected chi connectivity index (χ1v) is 8.94. The van der Waals surface area contributed by atoms with E-state index in [1.165, 1.54) is 12.0 Å². The van der Waals surface area contributed by atoms with Crippen LogP contribution in [0, 0.1) is 28.6 Å². The Kier molecular flexibility index (Phi) is 2.90. The normalized spacial score (nSPS) is 53.5. The number of allylic oxidation sites excluding steroid dienone is 4. The summed E-state index contributed by atoms with van der Waals surface area (Å²) in [6, 6.07) is 0. The third-order valence-electron chi connectivity index (χ3n) is 8.08. The summed E-state index contributed by atoms with van der Waals surface area (Å²) in [5, 5.41) is 10.9. The lowest BCUT2D eigenvalue weighted by Crippen LogP contribution is -2.52. The van der Waals surface area contributed by atoms with Gasteiger partial charge in [-0.3, -0.25) is 4.79 Å². The molecular weight excluding hydrogens is 272 g/mol. The van der Waals surface area contributed by atoms with E-state index in [-0.39, 0.29) is 10.8 Å². The third-order valence-corrected chi connectivity index (χ3v) is 8.08. The van der Waals surface area contributed by atoms with Crippen molar-refractivity contribution in [2.45, 2.75) is 64.9 Å². The predicted molar refractivity (Wildman–Crippen MR) is 87.2 cm³/mol. The van der Waals surface area contributed by atoms with Crippen LogP contribution in [0.2, 0.25) is 0 Å². The SMILES string of the molecule is C[C@]12CCC(=O)C=C1C=C[C@@H]1[C@H]3CC[C@](C)(O)[C@]3(C)CC[C@@H]12. The van der Waals surface area contributed by atoms with Crippen molar-refractivity contribution < 1.29 is 9.90 Å². The van der Waals surface area contributed by atoms with Crippen molar-refractivity contribution >= 4 is 5.78 Å². The van der Waals surface area contributed by atoms with Gasteiger partial charge in [0, 0.05) is 6.42 Å². The molecule has 0 radical (unpaired) electrons. The van der Waals surface area contributed by atoms with E-state index in [0.717, 1.165) is 25.7 Å². The summed E-state index contributed by atoms with van der Waals surface area (Å²) < 4.78 is 0. The summed E-state index contributed by atoms with van der Waals surface area (Å²) in [5.74, 6) is 2.10. The van der Waals surface area contributed by atoms with Crippen molar-refractivity contribution in [2.75, 3.05) is 0 Å². The van der Waals surface area contributed by atoms with E-state index in [2.05, 4.69) is 26.0 Å². The molecular formula is C20H28O2. The van der Waals surface area contributed by atoms with Crippen LogP contribution in [0.25, 0.3) is 0 Å². The molecule has 2 fully saturated rings. The topological polar surface area (TPSA) is 37.3 Å². The van der Waals surface area contributed by atoms with E-state index >= 15 is 0 Å². The maximum Gasteiger partial charge on any atom is 0.156 e. The fraction of sp³-hybridized carbons (Fsp3) is 0.750. The molecule has 2 nitrogen and oxygen atoms in total. The summed E-state index contributed by atoms with van der Waals surface area (Å²) in [6.45, 7) is 6.74. The standard InChI is InChI=1S/C20H28O2/c1-18-9-6-14(21)12-13(18)4-5-15-16(18)7-10-19(2)17(15)8-11-20(19,3)22/h4-5,12,15-17,22H,6-11H2,1-3H3/t15-,16-,17+,18-,19+,20-/m0/s1. The minimum absolute atomic E-state index is 0.0561. The van der Waals surface area contributed by atoms with E-state index in [1.54, 1.807) is 0 Å². The fourth-order valence-corrected chi connectivity index (χ4v) is 6.24. The second-order valence-electron chi connectivity index (χ2n) is 8.90. The van der Waals surface area contributed by atoms with Crippen molar-refractivity contribution in [2.24, 2.45) is 28.6 Å². The molecule has 0 aliphatic heterocycles. The number of aliphatic hydroxyl groups is 1. The zero-order valence-electron chi connectivity index (χ0n) is 14.1. The fourth-order valence-electron chi connectivity index (χ4n) is 6.24. The summed E-state index contributed by atoms with van der Waals surface area (Å²) >= 11 is 0. The Morgan fingerprint density at radius 3 is 2.59 bits per heavy atom. The molecule has 0 aromatic rings. The molecule has 2 heteroatoms. The molecule has 6 atom stereocenters. The average molecular weight is 300 g/mol. The van der Waals surface area contributed by atoms with E-state index in [0.29, 0.717) is 30.0 Å². The van der Waals surface area contributed by atoms with E-state index in [4.69, 9.17) is 0 Å². The van der Waals surface area contributed by atoms with Gasteiger partial charge in [0.2, 0.25) is 0 Å². The lowest BCUT2D eigenvalue weighted by molar-refractivity contribution is -0.118. The Balaban J connectivity index is 1.76. The zero-order chi connectivity index (χ0) is 15.8. The lowest BCUT2D eigenvalue weighted by Gasteiger charge is -2.56. The molecule has 120 valence electrons. The van der Waals surface area contributed by atoms with Crippen molar-refractivity contribution in [1.82, 2.24) is 0 Å². The first-order valence-electron chi connectivity index (χ1n) is 8.94. The minimum atomic E-state index is -0.518.